The third-order valence-electron chi connectivity index (χ3n) is 3.81. The first-order valence-corrected chi connectivity index (χ1v) is 11.7. The summed E-state index contributed by atoms with van der Waals surface area (Å²) < 4.78 is 18.4. The minimum absolute atomic E-state index is 0.0626. The third kappa shape index (κ3) is 11.9. The van der Waals surface area contributed by atoms with Gasteiger partial charge in [-0.05, 0) is 40.0 Å². The SMILES string of the molecule is CCCCCC=CC(C)O[Si](CCCCCC)(OCC)OCC. The third-order valence-corrected chi connectivity index (χ3v) is 6.97. The Bertz CT molecular complexity index is 276. The van der Waals surface area contributed by atoms with Crippen molar-refractivity contribution >= 4 is 8.80 Å². The first-order valence-electron chi connectivity index (χ1n) is 9.76. The van der Waals surface area contributed by atoms with Crippen molar-refractivity contribution in [1.29, 1.82) is 0 Å². The summed E-state index contributed by atoms with van der Waals surface area (Å²) in [5.74, 6) is 0. The topological polar surface area (TPSA) is 27.7 Å². The Morgan fingerprint density at radius 2 is 1.43 bits per heavy atom. The Hall–Kier alpha value is -0.163. The molecule has 23 heavy (non-hydrogen) atoms. The molecule has 0 saturated carbocycles. The van der Waals surface area contributed by atoms with E-state index in [1.165, 1.54) is 38.5 Å². The molecule has 0 saturated heterocycles. The minimum atomic E-state index is -2.54. The molecule has 0 radical (unpaired) electrons. The lowest BCUT2D eigenvalue weighted by molar-refractivity contribution is 0.0516. The van der Waals surface area contributed by atoms with Gasteiger partial charge in [-0.15, -0.1) is 0 Å². The van der Waals surface area contributed by atoms with Gasteiger partial charge in [0.25, 0.3) is 0 Å². The fraction of sp³-hybridized carbons (Fsp3) is 0.895. The Balaban J connectivity index is 4.50. The summed E-state index contributed by atoms with van der Waals surface area (Å²) in [6, 6.07) is 0.933. The second kappa shape index (κ2) is 15.4. The van der Waals surface area contributed by atoms with Gasteiger partial charge in [0, 0.05) is 19.3 Å². The molecule has 0 heterocycles. The van der Waals surface area contributed by atoms with Crippen molar-refractivity contribution in [2.45, 2.75) is 98.1 Å². The van der Waals surface area contributed by atoms with Gasteiger partial charge in [-0.1, -0.05) is 58.1 Å². The van der Waals surface area contributed by atoms with E-state index in [4.69, 9.17) is 13.3 Å². The van der Waals surface area contributed by atoms with E-state index >= 15 is 0 Å². The van der Waals surface area contributed by atoms with Crippen LogP contribution in [0.3, 0.4) is 0 Å². The summed E-state index contributed by atoms with van der Waals surface area (Å²) in [5, 5.41) is 0. The lowest BCUT2D eigenvalue weighted by Gasteiger charge is -2.31. The zero-order chi connectivity index (χ0) is 17.4. The van der Waals surface area contributed by atoms with Gasteiger partial charge in [-0.3, -0.25) is 0 Å². The average molecular weight is 345 g/mol. The number of hydrogen-bond acceptors (Lipinski definition) is 3. The molecule has 0 amide bonds. The molecule has 0 N–H and O–H groups in total. The Morgan fingerprint density at radius 3 is 2.00 bits per heavy atom. The van der Waals surface area contributed by atoms with Crippen LogP contribution in [0.1, 0.15) is 86.0 Å². The molecule has 0 aromatic heterocycles. The Labute approximate surface area is 146 Å². The quantitative estimate of drug-likeness (QED) is 0.192. The van der Waals surface area contributed by atoms with Crippen LogP contribution in [0.4, 0.5) is 0 Å². The van der Waals surface area contributed by atoms with Gasteiger partial charge in [0.05, 0.1) is 6.10 Å². The van der Waals surface area contributed by atoms with Gasteiger partial charge >= 0.3 is 8.80 Å². The Morgan fingerprint density at radius 1 is 0.826 bits per heavy atom. The fourth-order valence-electron chi connectivity index (χ4n) is 2.64. The first-order chi connectivity index (χ1) is 11.1. The smallest absolute Gasteiger partial charge is 0.374 e. The van der Waals surface area contributed by atoms with E-state index in [1.807, 2.05) is 13.8 Å². The van der Waals surface area contributed by atoms with Gasteiger partial charge in [0.2, 0.25) is 0 Å². The van der Waals surface area contributed by atoms with Crippen molar-refractivity contribution in [1.82, 2.24) is 0 Å². The summed E-state index contributed by atoms with van der Waals surface area (Å²) >= 11 is 0. The summed E-state index contributed by atoms with van der Waals surface area (Å²) in [7, 11) is -2.54. The van der Waals surface area contributed by atoms with Crippen LogP contribution in [0.2, 0.25) is 6.04 Å². The molecule has 0 fully saturated rings. The zero-order valence-electron chi connectivity index (χ0n) is 16.2. The zero-order valence-corrected chi connectivity index (χ0v) is 17.2. The van der Waals surface area contributed by atoms with E-state index in [0.717, 1.165) is 18.9 Å². The molecule has 138 valence electrons. The molecular weight excluding hydrogens is 304 g/mol. The second-order valence-electron chi connectivity index (χ2n) is 6.11. The van der Waals surface area contributed by atoms with E-state index in [-0.39, 0.29) is 6.10 Å². The molecule has 0 aliphatic carbocycles. The lowest BCUT2D eigenvalue weighted by atomic mass is 10.2. The van der Waals surface area contributed by atoms with Gasteiger partial charge in [0.1, 0.15) is 0 Å². The molecule has 0 aliphatic rings. The second-order valence-corrected chi connectivity index (χ2v) is 8.79. The molecule has 0 rings (SSSR count). The van der Waals surface area contributed by atoms with Crippen molar-refractivity contribution in [3.8, 4) is 0 Å². The van der Waals surface area contributed by atoms with Crippen molar-refractivity contribution < 1.29 is 13.3 Å². The van der Waals surface area contributed by atoms with E-state index in [9.17, 15) is 0 Å². The van der Waals surface area contributed by atoms with Gasteiger partial charge in [-0.2, -0.15) is 0 Å². The number of rotatable bonds is 16. The van der Waals surface area contributed by atoms with Gasteiger partial charge in [-0.25, -0.2) is 0 Å². The maximum Gasteiger partial charge on any atom is 0.501 e. The normalized spacial score (nSPS) is 13.8. The lowest BCUT2D eigenvalue weighted by Crippen LogP contribution is -2.47. The Kier molecular flexibility index (Phi) is 15.3. The fourth-order valence-corrected chi connectivity index (χ4v) is 5.48. The molecular formula is C19H40O3Si. The maximum absolute atomic E-state index is 6.31. The van der Waals surface area contributed by atoms with Crippen LogP contribution < -0.4 is 0 Å². The molecule has 0 aliphatic heterocycles. The van der Waals surface area contributed by atoms with E-state index < -0.39 is 8.80 Å². The van der Waals surface area contributed by atoms with Crippen LogP contribution in [0, 0.1) is 0 Å². The number of hydrogen-bond donors (Lipinski definition) is 0. The van der Waals surface area contributed by atoms with Crippen molar-refractivity contribution in [2.24, 2.45) is 0 Å². The highest BCUT2D eigenvalue weighted by atomic mass is 28.4. The maximum atomic E-state index is 6.31. The highest BCUT2D eigenvalue weighted by Gasteiger charge is 2.41. The van der Waals surface area contributed by atoms with Crippen molar-refractivity contribution in [3.05, 3.63) is 12.2 Å². The van der Waals surface area contributed by atoms with Crippen LogP contribution in [-0.2, 0) is 13.3 Å². The molecule has 0 bridgehead atoms. The number of unbranched alkanes of at least 4 members (excludes halogenated alkanes) is 6. The largest absolute Gasteiger partial charge is 0.501 e. The van der Waals surface area contributed by atoms with E-state index in [2.05, 4.69) is 32.9 Å². The van der Waals surface area contributed by atoms with E-state index in [0.29, 0.717) is 13.2 Å². The van der Waals surface area contributed by atoms with Crippen LogP contribution in [0.15, 0.2) is 12.2 Å². The summed E-state index contributed by atoms with van der Waals surface area (Å²) in [6.45, 7) is 11.9. The molecule has 1 atom stereocenters. The van der Waals surface area contributed by atoms with Crippen LogP contribution in [0.25, 0.3) is 0 Å². The molecule has 3 nitrogen and oxygen atoms in total. The highest BCUT2D eigenvalue weighted by Crippen LogP contribution is 2.22. The van der Waals surface area contributed by atoms with Crippen LogP contribution in [-0.4, -0.2) is 28.1 Å². The monoisotopic (exact) mass is 344 g/mol. The predicted molar refractivity (Wildman–Crippen MR) is 102 cm³/mol. The summed E-state index contributed by atoms with van der Waals surface area (Å²) in [4.78, 5) is 0. The standard InChI is InChI=1S/C19H40O3Si/c1-6-10-12-14-15-17-19(5)22-23(20-8-3,21-9-4)18-16-13-11-7-2/h15,17,19H,6-14,16,18H2,1-5H3. The van der Waals surface area contributed by atoms with Crippen LogP contribution >= 0.6 is 0 Å². The summed E-state index contributed by atoms with van der Waals surface area (Å²) in [5.41, 5.74) is 0. The van der Waals surface area contributed by atoms with Crippen LogP contribution in [0.5, 0.6) is 0 Å². The summed E-state index contributed by atoms with van der Waals surface area (Å²) in [6.07, 6.45) is 14.3. The highest BCUT2D eigenvalue weighted by molar-refractivity contribution is 6.60. The van der Waals surface area contributed by atoms with Crippen molar-refractivity contribution in [3.63, 3.8) is 0 Å². The number of allylic oxidation sites excluding steroid dienone is 1. The minimum Gasteiger partial charge on any atom is -0.374 e. The molecule has 0 spiro atoms. The average Bonchev–Trinajstić information content (AvgIpc) is 2.52. The van der Waals surface area contributed by atoms with Crippen molar-refractivity contribution in [2.75, 3.05) is 13.2 Å². The molecule has 1 unspecified atom stereocenters. The molecule has 0 aromatic carbocycles. The first kappa shape index (κ1) is 22.8. The van der Waals surface area contributed by atoms with Gasteiger partial charge < -0.3 is 13.3 Å². The van der Waals surface area contributed by atoms with Gasteiger partial charge in [0.15, 0.2) is 0 Å². The molecule has 4 heteroatoms. The molecule has 0 aromatic rings. The van der Waals surface area contributed by atoms with E-state index in [1.54, 1.807) is 0 Å². The predicted octanol–water partition coefficient (Wildman–Crippen LogP) is 6.12.